The molecule has 0 saturated heterocycles. The highest BCUT2D eigenvalue weighted by Gasteiger charge is 2.16. The SMILES string of the molecule is CO[C@@H](C)c1ccc(-c2cn(C)nc2C(=O)O)cc1. The monoisotopic (exact) mass is 260 g/mol. The summed E-state index contributed by atoms with van der Waals surface area (Å²) in [5, 5.41) is 13.1. The molecule has 5 nitrogen and oxygen atoms in total. The van der Waals surface area contributed by atoms with Gasteiger partial charge in [0.1, 0.15) is 0 Å². The number of aromatic nitrogens is 2. The number of nitrogens with zero attached hydrogens (tertiary/aromatic N) is 2. The summed E-state index contributed by atoms with van der Waals surface area (Å²) in [5.74, 6) is -1.02. The Morgan fingerprint density at radius 1 is 1.37 bits per heavy atom. The molecule has 0 amide bonds. The third-order valence-electron chi connectivity index (χ3n) is 3.08. The minimum atomic E-state index is -1.02. The minimum Gasteiger partial charge on any atom is -0.476 e. The smallest absolute Gasteiger partial charge is 0.357 e. The van der Waals surface area contributed by atoms with Gasteiger partial charge in [0.2, 0.25) is 0 Å². The van der Waals surface area contributed by atoms with Crippen molar-refractivity contribution in [3.63, 3.8) is 0 Å². The largest absolute Gasteiger partial charge is 0.476 e. The molecule has 0 aliphatic heterocycles. The van der Waals surface area contributed by atoms with Gasteiger partial charge in [0.25, 0.3) is 0 Å². The molecular formula is C14H16N2O3. The van der Waals surface area contributed by atoms with Crippen LogP contribution in [0.2, 0.25) is 0 Å². The Labute approximate surface area is 111 Å². The quantitative estimate of drug-likeness (QED) is 0.917. The standard InChI is InChI=1S/C14H16N2O3/c1-9(19-3)10-4-6-11(7-5-10)12-8-16(2)15-13(12)14(17)18/h4-9H,1-3H3,(H,17,18)/t9-/m0/s1. The second-order valence-corrected chi connectivity index (χ2v) is 4.37. The van der Waals surface area contributed by atoms with Crippen LogP contribution in [0.4, 0.5) is 0 Å². The van der Waals surface area contributed by atoms with Crippen LogP contribution in [0.15, 0.2) is 30.5 Å². The van der Waals surface area contributed by atoms with E-state index in [2.05, 4.69) is 5.10 Å². The van der Waals surface area contributed by atoms with Crippen molar-refractivity contribution in [2.45, 2.75) is 13.0 Å². The zero-order valence-electron chi connectivity index (χ0n) is 11.1. The van der Waals surface area contributed by atoms with E-state index >= 15 is 0 Å². The van der Waals surface area contributed by atoms with Crippen molar-refractivity contribution in [3.8, 4) is 11.1 Å². The van der Waals surface area contributed by atoms with Crippen molar-refractivity contribution in [2.75, 3.05) is 7.11 Å². The van der Waals surface area contributed by atoms with Gasteiger partial charge >= 0.3 is 5.97 Å². The normalized spacial score (nSPS) is 12.4. The maximum absolute atomic E-state index is 11.1. The lowest BCUT2D eigenvalue weighted by molar-refractivity contribution is 0.0690. The van der Waals surface area contributed by atoms with Crippen LogP contribution in [0.5, 0.6) is 0 Å². The Kier molecular flexibility index (Phi) is 3.66. The number of hydrogen-bond acceptors (Lipinski definition) is 3. The van der Waals surface area contributed by atoms with E-state index in [0.29, 0.717) is 5.56 Å². The van der Waals surface area contributed by atoms with Crippen LogP contribution in [0.25, 0.3) is 11.1 Å². The molecule has 0 aliphatic rings. The fraction of sp³-hybridized carbons (Fsp3) is 0.286. The van der Waals surface area contributed by atoms with Crippen molar-refractivity contribution < 1.29 is 14.6 Å². The molecule has 0 spiro atoms. The van der Waals surface area contributed by atoms with Crippen LogP contribution in [0.1, 0.15) is 29.1 Å². The number of benzene rings is 1. The zero-order valence-corrected chi connectivity index (χ0v) is 11.1. The second kappa shape index (κ2) is 5.24. The van der Waals surface area contributed by atoms with Gasteiger partial charge in [-0.25, -0.2) is 4.79 Å². The third-order valence-corrected chi connectivity index (χ3v) is 3.08. The first-order valence-corrected chi connectivity index (χ1v) is 5.93. The summed E-state index contributed by atoms with van der Waals surface area (Å²) in [5.41, 5.74) is 2.56. The third kappa shape index (κ3) is 2.66. The zero-order chi connectivity index (χ0) is 14.0. The Balaban J connectivity index is 2.40. The number of methoxy groups -OCH3 is 1. The van der Waals surface area contributed by atoms with Gasteiger partial charge in [-0.1, -0.05) is 24.3 Å². The molecule has 0 unspecified atom stereocenters. The summed E-state index contributed by atoms with van der Waals surface area (Å²) in [6.45, 7) is 1.96. The summed E-state index contributed by atoms with van der Waals surface area (Å²) >= 11 is 0. The van der Waals surface area contributed by atoms with E-state index in [0.717, 1.165) is 11.1 Å². The van der Waals surface area contributed by atoms with E-state index in [-0.39, 0.29) is 11.8 Å². The van der Waals surface area contributed by atoms with Gasteiger partial charge < -0.3 is 9.84 Å². The van der Waals surface area contributed by atoms with Gasteiger partial charge in [-0.2, -0.15) is 5.10 Å². The van der Waals surface area contributed by atoms with Crippen molar-refractivity contribution in [1.29, 1.82) is 0 Å². The molecule has 0 aliphatic carbocycles. The summed E-state index contributed by atoms with van der Waals surface area (Å²) in [7, 11) is 3.36. The molecule has 0 radical (unpaired) electrons. The first kappa shape index (κ1) is 13.3. The van der Waals surface area contributed by atoms with Gasteiger partial charge in [-0.3, -0.25) is 4.68 Å². The lowest BCUT2D eigenvalue weighted by atomic mass is 10.0. The van der Waals surface area contributed by atoms with Gasteiger partial charge in [-0.15, -0.1) is 0 Å². The summed E-state index contributed by atoms with van der Waals surface area (Å²) in [6, 6.07) is 7.63. The van der Waals surface area contributed by atoms with Crippen LogP contribution in [-0.4, -0.2) is 28.0 Å². The van der Waals surface area contributed by atoms with E-state index in [9.17, 15) is 4.79 Å². The van der Waals surface area contributed by atoms with Crippen LogP contribution < -0.4 is 0 Å². The predicted molar refractivity (Wildman–Crippen MR) is 71.0 cm³/mol. The number of aryl methyl sites for hydroxylation is 1. The Morgan fingerprint density at radius 2 is 2.00 bits per heavy atom. The highest BCUT2D eigenvalue weighted by Crippen LogP contribution is 2.25. The van der Waals surface area contributed by atoms with Crippen LogP contribution >= 0.6 is 0 Å². The number of hydrogen-bond donors (Lipinski definition) is 1. The first-order chi connectivity index (χ1) is 9.02. The highest BCUT2D eigenvalue weighted by molar-refractivity contribution is 5.93. The first-order valence-electron chi connectivity index (χ1n) is 5.93. The fourth-order valence-electron chi connectivity index (χ4n) is 1.93. The molecule has 1 aromatic heterocycles. The topological polar surface area (TPSA) is 64.4 Å². The number of carboxylic acid groups (broad SMARTS) is 1. The number of rotatable bonds is 4. The van der Waals surface area contributed by atoms with Crippen molar-refractivity contribution in [2.24, 2.45) is 7.05 Å². The molecule has 1 aromatic carbocycles. The Hall–Kier alpha value is -2.14. The maximum Gasteiger partial charge on any atom is 0.357 e. The molecule has 2 aromatic rings. The fourth-order valence-corrected chi connectivity index (χ4v) is 1.93. The van der Waals surface area contributed by atoms with Crippen molar-refractivity contribution in [3.05, 3.63) is 41.7 Å². The molecule has 0 bridgehead atoms. The lowest BCUT2D eigenvalue weighted by Gasteiger charge is -2.10. The molecular weight excluding hydrogens is 244 g/mol. The molecule has 1 atom stereocenters. The second-order valence-electron chi connectivity index (χ2n) is 4.37. The number of carbonyl (C=O) groups is 1. The van der Waals surface area contributed by atoms with Gasteiger partial charge in [0.15, 0.2) is 5.69 Å². The minimum absolute atomic E-state index is 0.0156. The van der Waals surface area contributed by atoms with Crippen molar-refractivity contribution in [1.82, 2.24) is 9.78 Å². The highest BCUT2D eigenvalue weighted by atomic mass is 16.5. The average molecular weight is 260 g/mol. The predicted octanol–water partition coefficient (Wildman–Crippen LogP) is 2.49. The van der Waals surface area contributed by atoms with Crippen LogP contribution in [0, 0.1) is 0 Å². The Morgan fingerprint density at radius 3 is 2.53 bits per heavy atom. The molecule has 100 valence electrons. The number of aromatic carboxylic acids is 1. The van der Waals surface area contributed by atoms with Crippen LogP contribution in [-0.2, 0) is 11.8 Å². The van der Waals surface area contributed by atoms with Gasteiger partial charge in [0.05, 0.1) is 6.10 Å². The molecule has 5 heteroatoms. The maximum atomic E-state index is 11.1. The number of ether oxygens (including phenoxy) is 1. The summed E-state index contributed by atoms with van der Waals surface area (Å²) in [4.78, 5) is 11.1. The molecule has 0 saturated carbocycles. The van der Waals surface area contributed by atoms with E-state index in [4.69, 9.17) is 9.84 Å². The summed E-state index contributed by atoms with van der Waals surface area (Å²) in [6.07, 6.45) is 1.72. The average Bonchev–Trinajstić information content (AvgIpc) is 2.80. The summed E-state index contributed by atoms with van der Waals surface area (Å²) < 4.78 is 6.74. The molecule has 2 rings (SSSR count). The van der Waals surface area contributed by atoms with E-state index in [1.165, 1.54) is 4.68 Å². The van der Waals surface area contributed by atoms with E-state index < -0.39 is 5.97 Å². The van der Waals surface area contributed by atoms with Gasteiger partial charge in [-0.05, 0) is 18.1 Å². The van der Waals surface area contributed by atoms with Crippen LogP contribution in [0.3, 0.4) is 0 Å². The Bertz CT molecular complexity index is 587. The molecule has 0 fully saturated rings. The van der Waals surface area contributed by atoms with Gasteiger partial charge in [0, 0.05) is 25.9 Å². The molecule has 1 N–H and O–H groups in total. The van der Waals surface area contributed by atoms with E-state index in [1.54, 1.807) is 20.4 Å². The molecule has 19 heavy (non-hydrogen) atoms. The molecule has 1 heterocycles. The van der Waals surface area contributed by atoms with Crippen molar-refractivity contribution >= 4 is 5.97 Å². The lowest BCUT2D eigenvalue weighted by Crippen LogP contribution is -2.00. The number of carboxylic acids is 1. The van der Waals surface area contributed by atoms with E-state index in [1.807, 2.05) is 31.2 Å².